The van der Waals surface area contributed by atoms with Crippen LogP contribution >= 0.6 is 12.4 Å². The highest BCUT2D eigenvalue weighted by atomic mass is 35.5. The standard InChI is InChI=1S/C20H19N5O.ClH/c21-20(11-3-4-12-20)19-23-18(26-24-19)14-7-9-15(10-8-14)25-13-22-16-5-1-2-6-17(16)25;/h1-2,5-10,13H,3-4,11-12,21H2;1H. The second-order valence-corrected chi connectivity index (χ2v) is 6.94. The third-order valence-electron chi connectivity index (χ3n) is 5.21. The highest BCUT2D eigenvalue weighted by Crippen LogP contribution is 2.35. The van der Waals surface area contributed by atoms with Crippen molar-refractivity contribution in [2.75, 3.05) is 0 Å². The average molecular weight is 382 g/mol. The first-order chi connectivity index (χ1) is 12.7. The van der Waals surface area contributed by atoms with Gasteiger partial charge in [-0.1, -0.05) is 30.1 Å². The van der Waals surface area contributed by atoms with E-state index in [1.54, 1.807) is 0 Å². The van der Waals surface area contributed by atoms with E-state index >= 15 is 0 Å². The van der Waals surface area contributed by atoms with Crippen LogP contribution in [0.5, 0.6) is 0 Å². The van der Waals surface area contributed by atoms with E-state index < -0.39 is 5.54 Å². The zero-order chi connectivity index (χ0) is 17.6. The van der Waals surface area contributed by atoms with Crippen molar-refractivity contribution in [1.29, 1.82) is 0 Å². The van der Waals surface area contributed by atoms with Gasteiger partial charge >= 0.3 is 0 Å². The maximum absolute atomic E-state index is 6.42. The first kappa shape index (κ1) is 17.7. The van der Waals surface area contributed by atoms with E-state index in [2.05, 4.69) is 25.8 Å². The lowest BCUT2D eigenvalue weighted by atomic mass is 9.99. The van der Waals surface area contributed by atoms with Crippen molar-refractivity contribution in [2.24, 2.45) is 5.73 Å². The lowest BCUT2D eigenvalue weighted by Crippen LogP contribution is -2.34. The van der Waals surface area contributed by atoms with E-state index in [9.17, 15) is 0 Å². The fourth-order valence-electron chi connectivity index (χ4n) is 3.70. The molecule has 6 nitrogen and oxygen atoms in total. The Morgan fingerprint density at radius 3 is 2.52 bits per heavy atom. The first-order valence-electron chi connectivity index (χ1n) is 8.89. The number of halogens is 1. The number of fused-ring (bicyclic) bond motifs is 1. The van der Waals surface area contributed by atoms with Gasteiger partial charge in [0, 0.05) is 11.3 Å². The number of benzene rings is 2. The summed E-state index contributed by atoms with van der Waals surface area (Å²) in [6.07, 6.45) is 5.90. The number of nitrogens with two attached hydrogens (primary N) is 1. The fourth-order valence-corrected chi connectivity index (χ4v) is 3.70. The summed E-state index contributed by atoms with van der Waals surface area (Å²) in [4.78, 5) is 8.99. The lowest BCUT2D eigenvalue weighted by Gasteiger charge is -2.17. The molecular formula is C20H20ClN5O. The molecule has 1 aliphatic rings. The number of nitrogens with zero attached hydrogens (tertiary/aromatic N) is 4. The summed E-state index contributed by atoms with van der Waals surface area (Å²) < 4.78 is 7.53. The number of hydrogen-bond donors (Lipinski definition) is 1. The monoisotopic (exact) mass is 381 g/mol. The molecule has 7 heteroatoms. The Bertz CT molecular complexity index is 1060. The fraction of sp³-hybridized carbons (Fsp3) is 0.250. The van der Waals surface area contributed by atoms with Crippen molar-refractivity contribution in [3.8, 4) is 17.1 Å². The van der Waals surface area contributed by atoms with Crippen LogP contribution in [-0.4, -0.2) is 19.7 Å². The number of aromatic nitrogens is 4. The van der Waals surface area contributed by atoms with Gasteiger partial charge in [0.25, 0.3) is 5.89 Å². The quantitative estimate of drug-likeness (QED) is 0.574. The highest BCUT2D eigenvalue weighted by Gasteiger charge is 2.36. The predicted molar refractivity (Wildman–Crippen MR) is 106 cm³/mol. The first-order valence-corrected chi connectivity index (χ1v) is 8.89. The molecule has 2 N–H and O–H groups in total. The molecule has 1 aliphatic carbocycles. The van der Waals surface area contributed by atoms with Crippen molar-refractivity contribution in [1.82, 2.24) is 19.7 Å². The molecule has 1 saturated carbocycles. The summed E-state index contributed by atoms with van der Waals surface area (Å²) in [5, 5.41) is 4.13. The largest absolute Gasteiger partial charge is 0.334 e. The van der Waals surface area contributed by atoms with Gasteiger partial charge < -0.3 is 10.3 Å². The van der Waals surface area contributed by atoms with E-state index in [-0.39, 0.29) is 12.4 Å². The van der Waals surface area contributed by atoms with Crippen LogP contribution in [0.25, 0.3) is 28.2 Å². The van der Waals surface area contributed by atoms with Gasteiger partial charge in [0.1, 0.15) is 6.33 Å². The van der Waals surface area contributed by atoms with Crippen molar-refractivity contribution in [2.45, 2.75) is 31.2 Å². The van der Waals surface area contributed by atoms with Crippen LogP contribution in [0.1, 0.15) is 31.5 Å². The zero-order valence-corrected chi connectivity index (χ0v) is 15.5. The second kappa shape index (κ2) is 6.79. The third-order valence-corrected chi connectivity index (χ3v) is 5.21. The topological polar surface area (TPSA) is 82.8 Å². The minimum atomic E-state index is -0.433. The smallest absolute Gasteiger partial charge is 0.257 e. The number of para-hydroxylation sites is 2. The van der Waals surface area contributed by atoms with E-state index in [0.717, 1.165) is 48.0 Å². The van der Waals surface area contributed by atoms with Gasteiger partial charge in [0.2, 0.25) is 0 Å². The molecule has 0 unspecified atom stereocenters. The van der Waals surface area contributed by atoms with Crippen LogP contribution in [0, 0.1) is 0 Å². The predicted octanol–water partition coefficient (Wildman–Crippen LogP) is 4.23. The van der Waals surface area contributed by atoms with Gasteiger partial charge in [-0.15, -0.1) is 12.4 Å². The molecule has 2 heterocycles. The number of rotatable bonds is 3. The van der Waals surface area contributed by atoms with Crippen LogP contribution in [-0.2, 0) is 5.54 Å². The molecule has 2 aromatic heterocycles. The highest BCUT2D eigenvalue weighted by molar-refractivity contribution is 5.85. The van der Waals surface area contributed by atoms with Crippen molar-refractivity contribution in [3.63, 3.8) is 0 Å². The van der Waals surface area contributed by atoms with Crippen molar-refractivity contribution in [3.05, 3.63) is 60.7 Å². The van der Waals surface area contributed by atoms with E-state index in [1.807, 2.05) is 48.8 Å². The van der Waals surface area contributed by atoms with Gasteiger partial charge in [-0.25, -0.2) is 4.98 Å². The van der Waals surface area contributed by atoms with Gasteiger partial charge in [-0.05, 0) is 49.2 Å². The molecule has 0 atom stereocenters. The van der Waals surface area contributed by atoms with Crippen LogP contribution in [0.4, 0.5) is 0 Å². The van der Waals surface area contributed by atoms with Gasteiger partial charge in [-0.3, -0.25) is 4.57 Å². The molecule has 4 aromatic rings. The molecule has 27 heavy (non-hydrogen) atoms. The Hall–Kier alpha value is -2.70. The molecule has 138 valence electrons. The number of hydrogen-bond acceptors (Lipinski definition) is 5. The SMILES string of the molecule is Cl.NC1(c2noc(-c3ccc(-n4cnc5ccccc54)cc3)n2)CCCC1. The third kappa shape index (κ3) is 3.01. The summed E-state index contributed by atoms with van der Waals surface area (Å²) in [5.74, 6) is 1.13. The Kier molecular flexibility index (Phi) is 4.45. The minimum Gasteiger partial charge on any atom is -0.334 e. The van der Waals surface area contributed by atoms with Gasteiger partial charge in [0.15, 0.2) is 5.82 Å². The Labute approximate surface area is 162 Å². The molecule has 1 fully saturated rings. The molecule has 0 saturated heterocycles. The molecule has 0 amide bonds. The number of imidazole rings is 1. The van der Waals surface area contributed by atoms with E-state index in [0.29, 0.717) is 11.7 Å². The zero-order valence-electron chi connectivity index (χ0n) is 14.7. The summed E-state index contributed by atoms with van der Waals surface area (Å²) in [6.45, 7) is 0. The summed E-state index contributed by atoms with van der Waals surface area (Å²) in [7, 11) is 0. The molecule has 2 aromatic carbocycles. The minimum absolute atomic E-state index is 0. The molecular weight excluding hydrogens is 362 g/mol. The second-order valence-electron chi connectivity index (χ2n) is 6.94. The van der Waals surface area contributed by atoms with Crippen LogP contribution in [0.3, 0.4) is 0 Å². The molecule has 0 radical (unpaired) electrons. The summed E-state index contributed by atoms with van der Waals surface area (Å²) in [5.41, 5.74) is 9.96. The maximum atomic E-state index is 6.42. The summed E-state index contributed by atoms with van der Waals surface area (Å²) >= 11 is 0. The van der Waals surface area contributed by atoms with E-state index in [1.165, 1.54) is 0 Å². The molecule has 0 aliphatic heterocycles. The normalized spacial score (nSPS) is 15.7. The molecule has 0 spiro atoms. The summed E-state index contributed by atoms with van der Waals surface area (Å²) in [6, 6.07) is 16.1. The van der Waals surface area contributed by atoms with Crippen LogP contribution in [0.2, 0.25) is 0 Å². The maximum Gasteiger partial charge on any atom is 0.257 e. The van der Waals surface area contributed by atoms with Crippen molar-refractivity contribution < 1.29 is 4.52 Å². The Morgan fingerprint density at radius 1 is 1.00 bits per heavy atom. The van der Waals surface area contributed by atoms with E-state index in [4.69, 9.17) is 10.3 Å². The van der Waals surface area contributed by atoms with Crippen LogP contribution < -0.4 is 5.73 Å². The molecule has 5 rings (SSSR count). The lowest BCUT2D eigenvalue weighted by molar-refractivity contribution is 0.372. The van der Waals surface area contributed by atoms with Gasteiger partial charge in [-0.2, -0.15) is 4.98 Å². The van der Waals surface area contributed by atoms with Gasteiger partial charge in [0.05, 0.1) is 16.6 Å². The Balaban J connectivity index is 0.00000180. The van der Waals surface area contributed by atoms with Crippen LogP contribution in [0.15, 0.2) is 59.4 Å². The average Bonchev–Trinajstić information content (AvgIpc) is 3.41. The Morgan fingerprint density at radius 2 is 1.74 bits per heavy atom. The molecule has 0 bridgehead atoms. The van der Waals surface area contributed by atoms with Crippen molar-refractivity contribution >= 4 is 23.4 Å².